The van der Waals surface area contributed by atoms with Crippen molar-refractivity contribution >= 4 is 29.0 Å². The first-order valence-corrected chi connectivity index (χ1v) is 9.58. The molecule has 0 spiro atoms. The van der Waals surface area contributed by atoms with E-state index in [1.54, 1.807) is 6.20 Å². The van der Waals surface area contributed by atoms with Gasteiger partial charge in [-0.05, 0) is 43.7 Å². The average Bonchev–Trinajstić information content (AvgIpc) is 3.15. The van der Waals surface area contributed by atoms with Crippen LogP contribution in [0.2, 0.25) is 0 Å². The third-order valence-electron chi connectivity index (χ3n) is 4.84. The fraction of sp³-hybridized carbons (Fsp3) is 0.182. The molecule has 0 bridgehead atoms. The van der Waals surface area contributed by atoms with Crippen molar-refractivity contribution in [2.45, 2.75) is 20.4 Å². The van der Waals surface area contributed by atoms with Crippen LogP contribution in [-0.4, -0.2) is 33.7 Å². The molecule has 0 radical (unpaired) electrons. The number of aryl methyl sites for hydroxylation is 2. The Morgan fingerprint density at radius 2 is 1.83 bits per heavy atom. The number of nitrogens with zero attached hydrogens (tertiary/aromatic N) is 4. The lowest BCUT2D eigenvalue weighted by Crippen LogP contribution is -2.54. The predicted octanol–water partition coefficient (Wildman–Crippen LogP) is 2.44. The molecular weight excluding hydrogens is 380 g/mol. The van der Waals surface area contributed by atoms with Crippen LogP contribution in [0.5, 0.6) is 0 Å². The Labute approximate surface area is 174 Å². The van der Waals surface area contributed by atoms with Gasteiger partial charge in [0.15, 0.2) is 0 Å². The van der Waals surface area contributed by atoms with E-state index in [2.05, 4.69) is 20.7 Å². The third kappa shape index (κ3) is 4.22. The Bertz CT molecular complexity index is 1100. The van der Waals surface area contributed by atoms with Gasteiger partial charge in [0, 0.05) is 24.6 Å². The van der Waals surface area contributed by atoms with E-state index in [1.165, 1.54) is 5.01 Å². The molecule has 1 aliphatic heterocycles. The highest BCUT2D eigenvalue weighted by atomic mass is 16.2. The number of rotatable bonds is 5. The minimum absolute atomic E-state index is 0.0905. The highest BCUT2D eigenvalue weighted by Crippen LogP contribution is 2.16. The van der Waals surface area contributed by atoms with Crippen LogP contribution in [0.25, 0.3) is 0 Å². The number of imidazole rings is 1. The van der Waals surface area contributed by atoms with Crippen LogP contribution in [0.4, 0.5) is 11.4 Å². The van der Waals surface area contributed by atoms with Gasteiger partial charge >= 0.3 is 0 Å². The number of carbonyl (C=O) groups excluding carboxylic acids is 2. The lowest BCUT2D eigenvalue weighted by Gasteiger charge is -2.27. The topological polar surface area (TPSA) is 91.6 Å². The summed E-state index contributed by atoms with van der Waals surface area (Å²) < 4.78 is 2.05. The lowest BCUT2D eigenvalue weighted by atomic mass is 10.2. The molecule has 2 amide bonds. The number of carbonyl (C=O) groups is 2. The first-order valence-electron chi connectivity index (χ1n) is 9.58. The van der Waals surface area contributed by atoms with Gasteiger partial charge in [-0.3, -0.25) is 20.0 Å². The summed E-state index contributed by atoms with van der Waals surface area (Å²) >= 11 is 0. The highest BCUT2D eigenvalue weighted by Gasteiger charge is 2.25. The number of anilines is 2. The minimum atomic E-state index is -0.405. The van der Waals surface area contributed by atoms with Gasteiger partial charge in [-0.15, -0.1) is 0 Å². The average molecular weight is 402 g/mol. The second-order valence-corrected chi connectivity index (χ2v) is 7.09. The zero-order chi connectivity index (χ0) is 21.1. The van der Waals surface area contributed by atoms with Crippen LogP contribution in [0, 0.1) is 13.8 Å². The SMILES string of the molecule is Cc1ccc(N2NC(C(=O)Nc3ccc(Cn4ccnc4C)cc3)=NCC2=O)cc1. The molecule has 2 heterocycles. The van der Waals surface area contributed by atoms with Crippen molar-refractivity contribution in [3.05, 3.63) is 77.9 Å². The van der Waals surface area contributed by atoms with Crippen molar-refractivity contribution in [3.63, 3.8) is 0 Å². The maximum atomic E-state index is 12.6. The van der Waals surface area contributed by atoms with E-state index >= 15 is 0 Å². The molecule has 0 fully saturated rings. The number of amidine groups is 1. The fourth-order valence-electron chi connectivity index (χ4n) is 3.10. The van der Waals surface area contributed by atoms with Crippen molar-refractivity contribution < 1.29 is 9.59 Å². The van der Waals surface area contributed by atoms with Crippen LogP contribution in [-0.2, 0) is 16.1 Å². The van der Waals surface area contributed by atoms with E-state index in [4.69, 9.17) is 0 Å². The van der Waals surface area contributed by atoms with Gasteiger partial charge in [0.2, 0.25) is 5.84 Å². The van der Waals surface area contributed by atoms with Gasteiger partial charge in [-0.2, -0.15) is 0 Å². The Morgan fingerprint density at radius 1 is 1.10 bits per heavy atom. The van der Waals surface area contributed by atoms with Crippen LogP contribution in [0.1, 0.15) is 17.0 Å². The number of aromatic nitrogens is 2. The second-order valence-electron chi connectivity index (χ2n) is 7.09. The van der Waals surface area contributed by atoms with Crippen LogP contribution >= 0.6 is 0 Å². The van der Waals surface area contributed by atoms with Gasteiger partial charge in [-0.1, -0.05) is 29.8 Å². The number of aliphatic imine (C=N–C) groups is 1. The van der Waals surface area contributed by atoms with Gasteiger partial charge < -0.3 is 9.88 Å². The second kappa shape index (κ2) is 8.20. The standard InChI is InChI=1S/C22H22N6O2/c1-15-3-9-19(10-4-15)28-20(29)13-24-21(26-28)22(30)25-18-7-5-17(6-8-18)14-27-12-11-23-16(27)2/h3-12H,13-14H2,1-2H3,(H,24,26)(H,25,30). The first kappa shape index (κ1) is 19.4. The number of hydrazine groups is 1. The van der Waals surface area contributed by atoms with Crippen molar-refractivity contribution in [1.82, 2.24) is 15.0 Å². The van der Waals surface area contributed by atoms with Crippen molar-refractivity contribution in [3.8, 4) is 0 Å². The van der Waals surface area contributed by atoms with Gasteiger partial charge in [-0.25, -0.2) is 9.99 Å². The van der Waals surface area contributed by atoms with E-state index in [0.29, 0.717) is 17.9 Å². The summed E-state index contributed by atoms with van der Waals surface area (Å²) in [6, 6.07) is 15.0. The van der Waals surface area contributed by atoms with E-state index in [9.17, 15) is 9.59 Å². The van der Waals surface area contributed by atoms with E-state index in [0.717, 1.165) is 17.0 Å². The molecule has 2 aromatic carbocycles. The number of benzene rings is 2. The smallest absolute Gasteiger partial charge is 0.292 e. The Balaban J connectivity index is 1.41. The minimum Gasteiger partial charge on any atom is -0.331 e. The Hall–Kier alpha value is -3.94. The summed E-state index contributed by atoms with van der Waals surface area (Å²) in [6.07, 6.45) is 3.70. The zero-order valence-electron chi connectivity index (χ0n) is 16.8. The maximum absolute atomic E-state index is 12.6. The van der Waals surface area contributed by atoms with Crippen molar-refractivity contribution in [1.29, 1.82) is 0 Å². The molecule has 1 aliphatic rings. The molecule has 0 unspecified atom stereocenters. The van der Waals surface area contributed by atoms with Gasteiger partial charge in [0.05, 0.1) is 5.69 Å². The summed E-state index contributed by atoms with van der Waals surface area (Å²) in [6.45, 7) is 4.54. The number of hydrogen-bond acceptors (Lipinski definition) is 5. The molecule has 152 valence electrons. The highest BCUT2D eigenvalue weighted by molar-refractivity contribution is 6.43. The number of hydrogen-bond donors (Lipinski definition) is 2. The van der Waals surface area contributed by atoms with Crippen molar-refractivity contribution in [2.75, 3.05) is 16.9 Å². The summed E-state index contributed by atoms with van der Waals surface area (Å²) in [5.41, 5.74) is 6.30. The first-order chi connectivity index (χ1) is 14.5. The molecular formula is C22H22N6O2. The summed E-state index contributed by atoms with van der Waals surface area (Å²) in [4.78, 5) is 33.1. The molecule has 0 saturated heterocycles. The molecule has 1 aromatic heterocycles. The zero-order valence-corrected chi connectivity index (χ0v) is 16.8. The van der Waals surface area contributed by atoms with E-state index in [1.807, 2.05) is 73.1 Å². The van der Waals surface area contributed by atoms with Gasteiger partial charge in [0.25, 0.3) is 11.8 Å². The molecule has 8 nitrogen and oxygen atoms in total. The molecule has 8 heteroatoms. The maximum Gasteiger partial charge on any atom is 0.292 e. The molecule has 0 atom stereocenters. The van der Waals surface area contributed by atoms with Crippen LogP contribution in [0.15, 0.2) is 65.9 Å². The quantitative estimate of drug-likeness (QED) is 0.686. The normalized spacial score (nSPS) is 13.6. The third-order valence-corrected chi connectivity index (χ3v) is 4.84. The Kier molecular flexibility index (Phi) is 5.30. The summed E-state index contributed by atoms with van der Waals surface area (Å²) in [7, 11) is 0. The monoisotopic (exact) mass is 402 g/mol. The van der Waals surface area contributed by atoms with Gasteiger partial charge in [0.1, 0.15) is 12.4 Å². The Morgan fingerprint density at radius 3 is 2.50 bits per heavy atom. The number of nitrogens with one attached hydrogen (secondary N) is 2. The molecule has 30 heavy (non-hydrogen) atoms. The summed E-state index contributed by atoms with van der Waals surface area (Å²) in [5.74, 6) is 0.405. The van der Waals surface area contributed by atoms with Crippen molar-refractivity contribution in [2.24, 2.45) is 4.99 Å². The van der Waals surface area contributed by atoms with Crippen LogP contribution in [0.3, 0.4) is 0 Å². The molecule has 3 aromatic rings. The van der Waals surface area contributed by atoms with E-state index in [-0.39, 0.29) is 18.3 Å². The summed E-state index contributed by atoms with van der Waals surface area (Å²) in [5, 5.41) is 4.16. The fourth-order valence-corrected chi connectivity index (χ4v) is 3.10. The molecule has 0 aliphatic carbocycles. The lowest BCUT2D eigenvalue weighted by molar-refractivity contribution is -0.118. The number of amides is 2. The van der Waals surface area contributed by atoms with Crippen LogP contribution < -0.4 is 15.8 Å². The largest absolute Gasteiger partial charge is 0.331 e. The molecule has 4 rings (SSSR count). The molecule has 2 N–H and O–H groups in total. The predicted molar refractivity (Wildman–Crippen MR) is 115 cm³/mol. The van der Waals surface area contributed by atoms with E-state index < -0.39 is 5.91 Å². The molecule has 0 saturated carbocycles.